The molecule has 1 heterocycles. The predicted molar refractivity (Wildman–Crippen MR) is 97.7 cm³/mol. The summed E-state index contributed by atoms with van der Waals surface area (Å²) in [6, 6.07) is 6.91. The zero-order valence-corrected chi connectivity index (χ0v) is 15.6. The van der Waals surface area contributed by atoms with Crippen LogP contribution in [-0.2, 0) is 4.79 Å². The van der Waals surface area contributed by atoms with Crippen LogP contribution in [0.15, 0.2) is 24.3 Å². The standard InChI is InChI=1S/C20H28N2O3/c1-5-11-20(12-6-2)18(24)22(19(25)21-20)13-17(23)16-9-7-15(8-10-16)14(3)4/h7-10,14H,5-6,11-13H2,1-4H3,(H,21,25). The van der Waals surface area contributed by atoms with Gasteiger partial charge in [0.1, 0.15) is 5.54 Å². The van der Waals surface area contributed by atoms with Gasteiger partial charge in [0.15, 0.2) is 5.78 Å². The lowest BCUT2D eigenvalue weighted by Gasteiger charge is -2.25. The summed E-state index contributed by atoms with van der Waals surface area (Å²) in [5, 5.41) is 2.84. The van der Waals surface area contributed by atoms with Crippen LogP contribution >= 0.6 is 0 Å². The minimum absolute atomic E-state index is 0.207. The number of Topliss-reactive ketones (excluding diaryl/α,β-unsaturated/α-hetero) is 1. The second kappa shape index (κ2) is 7.81. The second-order valence-corrected chi connectivity index (χ2v) is 7.10. The number of ketones is 1. The highest BCUT2D eigenvalue weighted by Crippen LogP contribution is 2.28. The summed E-state index contributed by atoms with van der Waals surface area (Å²) < 4.78 is 0. The van der Waals surface area contributed by atoms with Crippen molar-refractivity contribution in [3.8, 4) is 0 Å². The van der Waals surface area contributed by atoms with E-state index in [9.17, 15) is 14.4 Å². The Labute approximate surface area is 149 Å². The summed E-state index contributed by atoms with van der Waals surface area (Å²) in [7, 11) is 0. The van der Waals surface area contributed by atoms with Crippen molar-refractivity contribution in [2.45, 2.75) is 64.8 Å². The fourth-order valence-corrected chi connectivity index (χ4v) is 3.43. The summed E-state index contributed by atoms with van der Waals surface area (Å²) in [4.78, 5) is 38.7. The first kappa shape index (κ1) is 19.2. The average molecular weight is 344 g/mol. The average Bonchev–Trinajstić information content (AvgIpc) is 2.80. The first-order valence-electron chi connectivity index (χ1n) is 9.12. The smallest absolute Gasteiger partial charge is 0.323 e. The maximum atomic E-state index is 12.8. The van der Waals surface area contributed by atoms with Gasteiger partial charge in [0.05, 0.1) is 6.54 Å². The van der Waals surface area contributed by atoms with Gasteiger partial charge in [-0.15, -0.1) is 0 Å². The highest BCUT2D eigenvalue weighted by molar-refractivity contribution is 6.11. The van der Waals surface area contributed by atoms with Crippen molar-refractivity contribution < 1.29 is 14.4 Å². The van der Waals surface area contributed by atoms with E-state index < -0.39 is 11.6 Å². The van der Waals surface area contributed by atoms with Crippen molar-refractivity contribution in [2.24, 2.45) is 0 Å². The summed E-state index contributed by atoms with van der Waals surface area (Å²) in [6.07, 6.45) is 2.79. The summed E-state index contributed by atoms with van der Waals surface area (Å²) in [6.45, 7) is 7.94. The largest absolute Gasteiger partial charge is 0.325 e. The van der Waals surface area contributed by atoms with E-state index in [4.69, 9.17) is 0 Å². The van der Waals surface area contributed by atoms with E-state index in [-0.39, 0.29) is 18.2 Å². The van der Waals surface area contributed by atoms with E-state index in [1.807, 2.05) is 26.0 Å². The molecule has 1 aromatic rings. The van der Waals surface area contributed by atoms with E-state index in [1.165, 1.54) is 0 Å². The van der Waals surface area contributed by atoms with E-state index >= 15 is 0 Å². The number of carbonyl (C=O) groups excluding carboxylic acids is 3. The van der Waals surface area contributed by atoms with Crippen molar-refractivity contribution in [1.82, 2.24) is 10.2 Å². The number of hydrogen-bond donors (Lipinski definition) is 1. The molecule has 1 aliphatic rings. The van der Waals surface area contributed by atoms with Crippen LogP contribution in [0.25, 0.3) is 0 Å². The van der Waals surface area contributed by atoms with Crippen LogP contribution in [0.1, 0.15) is 75.2 Å². The Bertz CT molecular complexity index is 643. The lowest BCUT2D eigenvalue weighted by molar-refractivity contribution is -0.131. The van der Waals surface area contributed by atoms with Crippen molar-refractivity contribution in [2.75, 3.05) is 6.54 Å². The van der Waals surface area contributed by atoms with Crippen LogP contribution in [0.2, 0.25) is 0 Å². The lowest BCUT2D eigenvalue weighted by Crippen LogP contribution is -2.47. The topological polar surface area (TPSA) is 66.5 Å². The zero-order valence-electron chi connectivity index (χ0n) is 15.6. The van der Waals surface area contributed by atoms with E-state index in [0.29, 0.717) is 24.3 Å². The Kier molecular flexibility index (Phi) is 5.98. The van der Waals surface area contributed by atoms with Gasteiger partial charge in [0.25, 0.3) is 5.91 Å². The number of carbonyl (C=O) groups is 3. The summed E-state index contributed by atoms with van der Waals surface area (Å²) in [5.74, 6) is -0.102. The third kappa shape index (κ3) is 3.91. The Hall–Kier alpha value is -2.17. The highest BCUT2D eigenvalue weighted by atomic mass is 16.2. The maximum Gasteiger partial charge on any atom is 0.325 e. The molecule has 0 spiro atoms. The lowest BCUT2D eigenvalue weighted by atomic mass is 9.88. The van der Waals surface area contributed by atoms with Crippen LogP contribution in [0.3, 0.4) is 0 Å². The molecule has 1 fully saturated rings. The molecule has 5 heteroatoms. The number of hydrogen-bond acceptors (Lipinski definition) is 3. The first-order valence-corrected chi connectivity index (χ1v) is 9.12. The van der Waals surface area contributed by atoms with Crippen LogP contribution < -0.4 is 5.32 Å². The molecule has 0 atom stereocenters. The maximum absolute atomic E-state index is 12.8. The molecule has 136 valence electrons. The molecule has 0 aromatic heterocycles. The number of amides is 3. The monoisotopic (exact) mass is 344 g/mol. The number of rotatable bonds is 8. The third-order valence-corrected chi connectivity index (χ3v) is 4.80. The molecule has 1 aliphatic heterocycles. The molecule has 0 saturated carbocycles. The molecular formula is C20H28N2O3. The van der Waals surface area contributed by atoms with Gasteiger partial charge >= 0.3 is 6.03 Å². The van der Waals surface area contributed by atoms with E-state index in [2.05, 4.69) is 19.2 Å². The van der Waals surface area contributed by atoms with Crippen LogP contribution in [0, 0.1) is 0 Å². The SMILES string of the molecule is CCCC1(CCC)NC(=O)N(CC(=O)c2ccc(C(C)C)cc2)C1=O. The highest BCUT2D eigenvalue weighted by Gasteiger charge is 2.50. The van der Waals surface area contributed by atoms with Gasteiger partial charge in [-0.05, 0) is 24.3 Å². The summed E-state index contributed by atoms with van der Waals surface area (Å²) >= 11 is 0. The van der Waals surface area contributed by atoms with Crippen molar-refractivity contribution in [3.63, 3.8) is 0 Å². The molecule has 0 radical (unpaired) electrons. The normalized spacial score (nSPS) is 16.4. The molecule has 1 aromatic carbocycles. The fourth-order valence-electron chi connectivity index (χ4n) is 3.43. The number of benzene rings is 1. The fraction of sp³-hybridized carbons (Fsp3) is 0.550. The zero-order chi connectivity index (χ0) is 18.6. The molecule has 1 saturated heterocycles. The van der Waals surface area contributed by atoms with Crippen molar-refractivity contribution >= 4 is 17.7 Å². The van der Waals surface area contributed by atoms with E-state index in [1.54, 1.807) is 12.1 Å². The molecule has 25 heavy (non-hydrogen) atoms. The van der Waals surface area contributed by atoms with Gasteiger partial charge in [-0.2, -0.15) is 0 Å². The van der Waals surface area contributed by atoms with Crippen LogP contribution in [-0.4, -0.2) is 34.7 Å². The molecule has 1 N–H and O–H groups in total. The number of nitrogens with zero attached hydrogens (tertiary/aromatic N) is 1. The van der Waals surface area contributed by atoms with Gasteiger partial charge in [0, 0.05) is 5.56 Å². The molecule has 2 rings (SSSR count). The predicted octanol–water partition coefficient (Wildman–Crippen LogP) is 3.88. The Balaban J connectivity index is 2.14. The van der Waals surface area contributed by atoms with E-state index in [0.717, 1.165) is 23.3 Å². The van der Waals surface area contributed by atoms with Gasteiger partial charge in [-0.3, -0.25) is 14.5 Å². The number of urea groups is 1. The number of imide groups is 1. The summed E-state index contributed by atoms with van der Waals surface area (Å²) in [5.41, 5.74) is 0.826. The molecule has 0 unspecified atom stereocenters. The quantitative estimate of drug-likeness (QED) is 0.575. The molecule has 0 aliphatic carbocycles. The Morgan fingerprint density at radius 3 is 2.12 bits per heavy atom. The molecule has 3 amide bonds. The van der Waals surface area contributed by atoms with Crippen LogP contribution in [0.5, 0.6) is 0 Å². The number of nitrogens with one attached hydrogen (secondary N) is 1. The third-order valence-electron chi connectivity index (χ3n) is 4.80. The van der Waals surface area contributed by atoms with Crippen molar-refractivity contribution in [1.29, 1.82) is 0 Å². The minimum Gasteiger partial charge on any atom is -0.323 e. The van der Waals surface area contributed by atoms with Gasteiger partial charge in [-0.25, -0.2) is 4.79 Å². The molecular weight excluding hydrogens is 316 g/mol. The molecule has 0 bridgehead atoms. The first-order chi connectivity index (χ1) is 11.8. The van der Waals surface area contributed by atoms with Crippen molar-refractivity contribution in [3.05, 3.63) is 35.4 Å². The minimum atomic E-state index is -0.845. The Morgan fingerprint density at radius 2 is 1.64 bits per heavy atom. The molecule has 5 nitrogen and oxygen atoms in total. The van der Waals surface area contributed by atoms with Gasteiger partial charge in [0.2, 0.25) is 0 Å². The second-order valence-electron chi connectivity index (χ2n) is 7.10. The van der Waals surface area contributed by atoms with Gasteiger partial charge < -0.3 is 5.32 Å². The Morgan fingerprint density at radius 1 is 1.08 bits per heavy atom. The van der Waals surface area contributed by atoms with Crippen LogP contribution in [0.4, 0.5) is 4.79 Å². The van der Waals surface area contributed by atoms with Gasteiger partial charge in [-0.1, -0.05) is 64.8 Å².